The molecule has 4 nitrogen and oxygen atoms in total. The van der Waals surface area contributed by atoms with E-state index in [9.17, 15) is 0 Å². The maximum atomic E-state index is 5.94. The molecule has 2 N–H and O–H groups in total. The van der Waals surface area contributed by atoms with Gasteiger partial charge < -0.3 is 15.4 Å². The fourth-order valence-corrected chi connectivity index (χ4v) is 2.92. The zero-order valence-electron chi connectivity index (χ0n) is 11.9. The highest BCUT2D eigenvalue weighted by Gasteiger charge is 2.28. The van der Waals surface area contributed by atoms with Crippen LogP contribution in [0.15, 0.2) is 0 Å². The Labute approximate surface area is 106 Å². The van der Waals surface area contributed by atoms with Crippen LogP contribution < -0.4 is 5.73 Å². The molecule has 102 valence electrons. The molecule has 17 heavy (non-hydrogen) atoms. The second-order valence-corrected chi connectivity index (χ2v) is 5.46. The molecule has 0 amide bonds. The number of hydrogen-bond donors (Lipinski definition) is 1. The van der Waals surface area contributed by atoms with E-state index >= 15 is 0 Å². The van der Waals surface area contributed by atoms with Gasteiger partial charge in [-0.2, -0.15) is 0 Å². The number of likely N-dealkylation sites (tertiary alicyclic amines) is 1. The zero-order valence-corrected chi connectivity index (χ0v) is 11.9. The van der Waals surface area contributed by atoms with E-state index in [4.69, 9.17) is 10.5 Å². The van der Waals surface area contributed by atoms with Crippen molar-refractivity contribution in [1.29, 1.82) is 0 Å². The number of methoxy groups -OCH3 is 1. The Bertz CT molecular complexity index is 213. The summed E-state index contributed by atoms with van der Waals surface area (Å²) < 4.78 is 5.25. The maximum absolute atomic E-state index is 5.94. The van der Waals surface area contributed by atoms with Crippen molar-refractivity contribution in [2.45, 2.75) is 31.8 Å². The van der Waals surface area contributed by atoms with E-state index in [1.165, 1.54) is 19.4 Å². The van der Waals surface area contributed by atoms with Crippen LogP contribution in [0.5, 0.6) is 0 Å². The molecule has 0 radical (unpaired) electrons. The smallest absolute Gasteiger partial charge is 0.0503 e. The molecule has 4 heteroatoms. The molecular weight excluding hydrogens is 214 g/mol. The van der Waals surface area contributed by atoms with Crippen molar-refractivity contribution in [2.24, 2.45) is 11.7 Å². The summed E-state index contributed by atoms with van der Waals surface area (Å²) in [6.45, 7) is 6.11. The monoisotopic (exact) mass is 243 g/mol. The third-order valence-corrected chi connectivity index (χ3v) is 4.03. The first kappa shape index (κ1) is 14.9. The Balaban J connectivity index is 2.54. The number of nitrogens with zero attached hydrogens (tertiary/aromatic N) is 2. The highest BCUT2D eigenvalue weighted by atomic mass is 16.5. The first-order valence-electron chi connectivity index (χ1n) is 6.69. The number of hydrogen-bond acceptors (Lipinski definition) is 4. The molecule has 0 saturated carbocycles. The maximum Gasteiger partial charge on any atom is 0.0503 e. The lowest BCUT2D eigenvalue weighted by Crippen LogP contribution is -2.53. The van der Waals surface area contributed by atoms with Gasteiger partial charge in [0.15, 0.2) is 0 Å². The fraction of sp³-hybridized carbons (Fsp3) is 1.00. The Hall–Kier alpha value is -0.160. The molecule has 3 atom stereocenters. The normalized spacial score (nSPS) is 26.1. The third-order valence-electron chi connectivity index (χ3n) is 4.03. The second-order valence-electron chi connectivity index (χ2n) is 5.46. The van der Waals surface area contributed by atoms with Crippen molar-refractivity contribution in [3.8, 4) is 0 Å². The molecule has 1 heterocycles. The van der Waals surface area contributed by atoms with E-state index in [-0.39, 0.29) is 0 Å². The fourth-order valence-electron chi connectivity index (χ4n) is 2.92. The minimum absolute atomic E-state index is 0.423. The number of rotatable bonds is 6. The first-order valence-corrected chi connectivity index (χ1v) is 6.69. The lowest BCUT2D eigenvalue weighted by Gasteiger charge is -2.41. The lowest BCUT2D eigenvalue weighted by atomic mass is 9.97. The Morgan fingerprint density at radius 2 is 2.24 bits per heavy atom. The van der Waals surface area contributed by atoms with Crippen LogP contribution in [0.25, 0.3) is 0 Å². The molecule has 3 unspecified atom stereocenters. The van der Waals surface area contributed by atoms with Gasteiger partial charge in [-0.05, 0) is 39.4 Å². The molecule has 1 aliphatic rings. The predicted octanol–water partition coefficient (Wildman–Crippen LogP) is 0.622. The van der Waals surface area contributed by atoms with Gasteiger partial charge in [-0.3, -0.25) is 4.90 Å². The summed E-state index contributed by atoms with van der Waals surface area (Å²) in [7, 11) is 6.18. The van der Waals surface area contributed by atoms with Crippen molar-refractivity contribution in [1.82, 2.24) is 9.80 Å². The van der Waals surface area contributed by atoms with E-state index in [2.05, 4.69) is 30.8 Å². The van der Waals surface area contributed by atoms with Gasteiger partial charge in [0.05, 0.1) is 6.61 Å². The summed E-state index contributed by atoms with van der Waals surface area (Å²) in [5.74, 6) is 0.488. The number of piperidine rings is 1. The summed E-state index contributed by atoms with van der Waals surface area (Å²) in [4.78, 5) is 4.89. The van der Waals surface area contributed by atoms with Crippen LogP contribution >= 0.6 is 0 Å². The largest absolute Gasteiger partial charge is 0.384 e. The predicted molar refractivity (Wildman–Crippen MR) is 72.2 cm³/mol. The third kappa shape index (κ3) is 4.21. The minimum Gasteiger partial charge on any atom is -0.384 e. The van der Waals surface area contributed by atoms with Gasteiger partial charge in [-0.1, -0.05) is 6.92 Å². The van der Waals surface area contributed by atoms with Crippen LogP contribution in [0.1, 0.15) is 19.8 Å². The molecule has 1 saturated heterocycles. The van der Waals surface area contributed by atoms with Crippen LogP contribution in [0, 0.1) is 5.92 Å². The van der Waals surface area contributed by atoms with Crippen LogP contribution in [-0.2, 0) is 4.74 Å². The summed E-state index contributed by atoms with van der Waals surface area (Å²) in [5.41, 5.74) is 5.94. The van der Waals surface area contributed by atoms with Crippen LogP contribution in [-0.4, -0.2) is 69.3 Å². The average Bonchev–Trinajstić information content (AvgIpc) is 2.30. The van der Waals surface area contributed by atoms with Crippen molar-refractivity contribution in [3.05, 3.63) is 0 Å². The van der Waals surface area contributed by atoms with Gasteiger partial charge in [0.2, 0.25) is 0 Å². The van der Waals surface area contributed by atoms with E-state index in [1.807, 2.05) is 0 Å². The van der Waals surface area contributed by atoms with E-state index in [1.54, 1.807) is 7.11 Å². The first-order chi connectivity index (χ1) is 8.10. The summed E-state index contributed by atoms with van der Waals surface area (Å²) in [5, 5.41) is 0. The molecule has 1 rings (SSSR count). The average molecular weight is 243 g/mol. The second kappa shape index (κ2) is 7.31. The SMILES string of the molecule is COCC(C)C(CN)N(C)C1CCCN(C)C1. The molecule has 0 aromatic heterocycles. The number of nitrogens with two attached hydrogens (primary N) is 1. The lowest BCUT2D eigenvalue weighted by molar-refractivity contribution is 0.0500. The molecule has 0 aliphatic carbocycles. The van der Waals surface area contributed by atoms with Gasteiger partial charge in [0.1, 0.15) is 0 Å². The molecule has 1 aliphatic heterocycles. The van der Waals surface area contributed by atoms with Gasteiger partial charge in [-0.15, -0.1) is 0 Å². The van der Waals surface area contributed by atoms with Crippen LogP contribution in [0.4, 0.5) is 0 Å². The van der Waals surface area contributed by atoms with E-state index in [0.717, 1.165) is 13.2 Å². The zero-order chi connectivity index (χ0) is 12.8. The molecule has 1 fully saturated rings. The Morgan fingerprint density at radius 3 is 2.76 bits per heavy atom. The molecular formula is C13H29N3O. The van der Waals surface area contributed by atoms with Crippen molar-refractivity contribution < 1.29 is 4.74 Å². The van der Waals surface area contributed by atoms with Gasteiger partial charge >= 0.3 is 0 Å². The molecule has 0 spiro atoms. The van der Waals surface area contributed by atoms with Crippen LogP contribution in [0.2, 0.25) is 0 Å². The number of ether oxygens (including phenoxy) is 1. The molecule has 0 aromatic carbocycles. The summed E-state index contributed by atoms with van der Waals surface area (Å²) in [6.07, 6.45) is 2.58. The standard InChI is InChI=1S/C13H29N3O/c1-11(10-17-4)13(8-14)16(3)12-6-5-7-15(2)9-12/h11-13H,5-10,14H2,1-4H3. The van der Waals surface area contributed by atoms with Gasteiger partial charge in [-0.25, -0.2) is 0 Å². The summed E-state index contributed by atoms with van der Waals surface area (Å²) >= 11 is 0. The van der Waals surface area contributed by atoms with Crippen molar-refractivity contribution >= 4 is 0 Å². The highest BCUT2D eigenvalue weighted by Crippen LogP contribution is 2.19. The van der Waals surface area contributed by atoms with E-state index in [0.29, 0.717) is 24.5 Å². The summed E-state index contributed by atoms with van der Waals surface area (Å²) in [6, 6.07) is 1.06. The van der Waals surface area contributed by atoms with Crippen molar-refractivity contribution in [2.75, 3.05) is 47.4 Å². The van der Waals surface area contributed by atoms with Gasteiger partial charge in [0.25, 0.3) is 0 Å². The van der Waals surface area contributed by atoms with Gasteiger partial charge in [0, 0.05) is 32.3 Å². The molecule has 0 aromatic rings. The minimum atomic E-state index is 0.423. The van der Waals surface area contributed by atoms with Crippen molar-refractivity contribution in [3.63, 3.8) is 0 Å². The highest BCUT2D eigenvalue weighted by molar-refractivity contribution is 4.84. The quantitative estimate of drug-likeness (QED) is 0.743. The van der Waals surface area contributed by atoms with Crippen LogP contribution in [0.3, 0.4) is 0 Å². The topological polar surface area (TPSA) is 41.7 Å². The number of likely N-dealkylation sites (N-methyl/N-ethyl adjacent to an activating group) is 2. The Morgan fingerprint density at radius 1 is 1.53 bits per heavy atom. The van der Waals surface area contributed by atoms with E-state index < -0.39 is 0 Å². The Kier molecular flexibility index (Phi) is 6.41. The molecule has 0 bridgehead atoms.